The van der Waals surface area contributed by atoms with Crippen LogP contribution >= 0.6 is 15.9 Å². The van der Waals surface area contributed by atoms with Crippen molar-refractivity contribution in [2.45, 2.75) is 29.5 Å². The Morgan fingerprint density at radius 3 is 2.03 bits per heavy atom. The average Bonchev–Trinajstić information content (AvgIpc) is 3.36. The van der Waals surface area contributed by atoms with Crippen molar-refractivity contribution in [2.24, 2.45) is 5.92 Å². The lowest BCUT2D eigenvalue weighted by Crippen LogP contribution is -2.32. The van der Waals surface area contributed by atoms with Crippen LogP contribution in [0.4, 0.5) is 0 Å². The van der Waals surface area contributed by atoms with E-state index in [1.807, 2.05) is 37.3 Å². The number of alkyl halides is 1. The van der Waals surface area contributed by atoms with Crippen molar-refractivity contribution in [1.29, 1.82) is 0 Å². The van der Waals surface area contributed by atoms with Crippen LogP contribution in [0.15, 0.2) is 66.7 Å². The van der Waals surface area contributed by atoms with Gasteiger partial charge < -0.3 is 0 Å². The maximum Gasteiger partial charge on any atom is 0.182 e. The first-order valence-electron chi connectivity index (χ1n) is 10.1. The highest BCUT2D eigenvalue weighted by Crippen LogP contribution is 2.75. The van der Waals surface area contributed by atoms with E-state index in [9.17, 15) is 9.59 Å². The van der Waals surface area contributed by atoms with Gasteiger partial charge in [0.25, 0.3) is 0 Å². The Kier molecular flexibility index (Phi) is 3.32. The molecule has 29 heavy (non-hydrogen) atoms. The second kappa shape index (κ2) is 5.54. The molecule has 0 amide bonds. The first kappa shape index (κ1) is 17.3. The topological polar surface area (TPSA) is 34.1 Å². The second-order valence-corrected chi connectivity index (χ2v) is 9.71. The van der Waals surface area contributed by atoms with Gasteiger partial charge in [-0.3, -0.25) is 9.59 Å². The molecule has 2 atom stereocenters. The lowest BCUT2D eigenvalue weighted by molar-refractivity contribution is 0.0892. The lowest BCUT2D eigenvalue weighted by atomic mass is 9.81. The Morgan fingerprint density at radius 2 is 1.41 bits per heavy atom. The number of rotatable bonds is 0. The molecule has 1 fully saturated rings. The van der Waals surface area contributed by atoms with Crippen molar-refractivity contribution < 1.29 is 9.59 Å². The zero-order valence-corrected chi connectivity index (χ0v) is 17.6. The normalized spacial score (nSPS) is 25.5. The molecular formula is C26H19BrO2. The summed E-state index contributed by atoms with van der Waals surface area (Å²) < 4.78 is -0.922. The molecule has 3 aromatic carbocycles. The zero-order valence-electron chi connectivity index (χ0n) is 16.0. The summed E-state index contributed by atoms with van der Waals surface area (Å²) in [5.41, 5.74) is 6.10. The third-order valence-corrected chi connectivity index (χ3v) is 8.67. The zero-order chi connectivity index (χ0) is 20.0. The highest BCUT2D eigenvalue weighted by molar-refractivity contribution is 9.10. The van der Waals surface area contributed by atoms with E-state index < -0.39 is 15.7 Å². The number of ketones is 2. The smallest absolute Gasteiger partial charge is 0.182 e. The van der Waals surface area contributed by atoms with E-state index >= 15 is 0 Å². The average molecular weight is 443 g/mol. The standard InChI is InChI=1S/C26H19BrO2/c1-15-7-6-10-18-21(15)22(28)23-25(26(23,27)24(18)29)19-11-4-2-8-16(19)13-14-17-9-3-5-12-20(17)25/h2-12,23H,13-14H2,1H3. The van der Waals surface area contributed by atoms with E-state index in [1.165, 1.54) is 11.1 Å². The third-order valence-electron chi connectivity index (χ3n) is 7.23. The summed E-state index contributed by atoms with van der Waals surface area (Å²) in [6.45, 7) is 1.93. The van der Waals surface area contributed by atoms with Crippen molar-refractivity contribution in [3.63, 3.8) is 0 Å². The van der Waals surface area contributed by atoms with E-state index in [1.54, 1.807) is 0 Å². The number of Topliss-reactive ketones (excluding diaryl/α,β-unsaturated/α-hetero) is 2. The molecule has 2 unspecified atom stereocenters. The maximum absolute atomic E-state index is 13.9. The minimum atomic E-state index is -0.922. The van der Waals surface area contributed by atoms with Crippen LogP contribution in [0.3, 0.4) is 0 Å². The van der Waals surface area contributed by atoms with Gasteiger partial charge in [-0.2, -0.15) is 0 Å². The van der Waals surface area contributed by atoms with Crippen LogP contribution in [0, 0.1) is 12.8 Å². The predicted octanol–water partition coefficient (Wildman–Crippen LogP) is 5.22. The molecule has 6 rings (SSSR count). The SMILES string of the molecule is Cc1cccc2c1C(=O)C1C(Br)(C2=O)C12c1ccccc1CCc1ccccc12. The molecule has 142 valence electrons. The first-order valence-corrected chi connectivity index (χ1v) is 10.9. The Balaban J connectivity index is 1.72. The molecule has 0 bridgehead atoms. The molecular weight excluding hydrogens is 424 g/mol. The molecule has 1 saturated carbocycles. The number of halogens is 1. The van der Waals surface area contributed by atoms with Crippen LogP contribution in [-0.2, 0) is 18.3 Å². The second-order valence-electron chi connectivity index (χ2n) is 8.46. The lowest BCUT2D eigenvalue weighted by Gasteiger charge is -2.24. The van der Waals surface area contributed by atoms with Gasteiger partial charge in [0.2, 0.25) is 0 Å². The van der Waals surface area contributed by atoms with E-state index in [0.29, 0.717) is 11.1 Å². The van der Waals surface area contributed by atoms with Gasteiger partial charge in [0.15, 0.2) is 11.6 Å². The van der Waals surface area contributed by atoms with Crippen LogP contribution in [0.25, 0.3) is 0 Å². The van der Waals surface area contributed by atoms with E-state index in [-0.39, 0.29) is 11.6 Å². The summed E-state index contributed by atoms with van der Waals surface area (Å²) in [5, 5.41) is 0. The molecule has 0 aromatic heterocycles. The highest BCUT2D eigenvalue weighted by Gasteiger charge is 2.85. The van der Waals surface area contributed by atoms with Gasteiger partial charge in [0, 0.05) is 11.1 Å². The molecule has 3 aromatic rings. The Hall–Kier alpha value is -2.52. The number of aryl methyl sites for hydroxylation is 3. The minimum Gasteiger partial charge on any atom is -0.294 e. The Morgan fingerprint density at radius 1 is 0.828 bits per heavy atom. The maximum atomic E-state index is 13.9. The number of benzene rings is 3. The molecule has 0 heterocycles. The van der Waals surface area contributed by atoms with Gasteiger partial charge in [-0.1, -0.05) is 82.7 Å². The van der Waals surface area contributed by atoms with Gasteiger partial charge in [-0.15, -0.1) is 0 Å². The summed E-state index contributed by atoms with van der Waals surface area (Å²) in [7, 11) is 0. The number of carbonyl (C=O) groups excluding carboxylic acids is 2. The fraction of sp³-hybridized carbons (Fsp3) is 0.231. The summed E-state index contributed by atoms with van der Waals surface area (Å²) in [6, 6.07) is 22.3. The third kappa shape index (κ3) is 1.84. The highest BCUT2D eigenvalue weighted by atomic mass is 79.9. The van der Waals surface area contributed by atoms with Crippen molar-refractivity contribution in [3.05, 3.63) is 106 Å². The van der Waals surface area contributed by atoms with Crippen LogP contribution < -0.4 is 0 Å². The van der Waals surface area contributed by atoms with Crippen molar-refractivity contribution in [2.75, 3.05) is 0 Å². The fourth-order valence-corrected chi connectivity index (χ4v) is 7.32. The summed E-state index contributed by atoms with van der Waals surface area (Å²) in [5.74, 6) is -0.301. The fourth-order valence-electron chi connectivity index (χ4n) is 6.01. The molecule has 2 nitrogen and oxygen atoms in total. The molecule has 0 radical (unpaired) electrons. The van der Waals surface area contributed by atoms with Crippen LogP contribution in [0.5, 0.6) is 0 Å². The van der Waals surface area contributed by atoms with Crippen molar-refractivity contribution in [1.82, 2.24) is 0 Å². The van der Waals surface area contributed by atoms with Gasteiger partial charge in [-0.25, -0.2) is 0 Å². The summed E-state index contributed by atoms with van der Waals surface area (Å²) in [6.07, 6.45) is 1.83. The number of hydrogen-bond donors (Lipinski definition) is 0. The quantitative estimate of drug-likeness (QED) is 0.447. The van der Waals surface area contributed by atoms with E-state index in [4.69, 9.17) is 0 Å². The molecule has 0 aliphatic heterocycles. The summed E-state index contributed by atoms with van der Waals surface area (Å²) >= 11 is 3.89. The molecule has 0 saturated heterocycles. The van der Waals surface area contributed by atoms with Gasteiger partial charge in [0.05, 0.1) is 11.3 Å². The first-order chi connectivity index (χ1) is 14.0. The summed E-state index contributed by atoms with van der Waals surface area (Å²) in [4.78, 5) is 27.7. The van der Waals surface area contributed by atoms with Crippen molar-refractivity contribution in [3.8, 4) is 0 Å². The minimum absolute atomic E-state index is 0.0345. The van der Waals surface area contributed by atoms with Gasteiger partial charge in [0.1, 0.15) is 4.32 Å². The Bertz CT molecular complexity index is 1190. The van der Waals surface area contributed by atoms with Crippen LogP contribution in [-0.4, -0.2) is 15.9 Å². The number of carbonyl (C=O) groups is 2. The molecule has 3 heteroatoms. The van der Waals surface area contributed by atoms with Crippen molar-refractivity contribution >= 4 is 27.5 Å². The largest absolute Gasteiger partial charge is 0.294 e. The Labute approximate surface area is 178 Å². The van der Waals surface area contributed by atoms with Crippen LogP contribution in [0.1, 0.15) is 48.5 Å². The predicted molar refractivity (Wildman–Crippen MR) is 116 cm³/mol. The molecule has 1 spiro atoms. The molecule has 3 aliphatic rings. The number of hydrogen-bond acceptors (Lipinski definition) is 2. The molecule has 3 aliphatic carbocycles. The van der Waals surface area contributed by atoms with Gasteiger partial charge in [-0.05, 0) is 47.6 Å². The number of fused-ring (bicyclic) bond motifs is 8. The van der Waals surface area contributed by atoms with E-state index in [2.05, 4.69) is 52.3 Å². The van der Waals surface area contributed by atoms with Gasteiger partial charge >= 0.3 is 0 Å². The van der Waals surface area contributed by atoms with E-state index in [0.717, 1.165) is 29.5 Å². The van der Waals surface area contributed by atoms with Crippen LogP contribution in [0.2, 0.25) is 0 Å². The monoisotopic (exact) mass is 442 g/mol. The molecule has 0 N–H and O–H groups in total.